The Bertz CT molecular complexity index is 496. The van der Waals surface area contributed by atoms with Crippen molar-refractivity contribution in [1.82, 2.24) is 9.80 Å². The number of carbonyl (C=O) groups excluding carboxylic acids is 1. The highest BCUT2D eigenvalue weighted by Crippen LogP contribution is 2.25. The number of hydrogen-bond acceptors (Lipinski definition) is 2. The summed E-state index contributed by atoms with van der Waals surface area (Å²) in [4.78, 5) is 16.7. The van der Waals surface area contributed by atoms with Crippen LogP contribution in [0.5, 0.6) is 0 Å². The Labute approximate surface area is 126 Å². The van der Waals surface area contributed by atoms with Crippen LogP contribution in [0.3, 0.4) is 0 Å². The quantitative estimate of drug-likeness (QED) is 0.832. The molecule has 0 radical (unpaired) electrons. The van der Waals surface area contributed by atoms with Crippen LogP contribution >= 0.6 is 0 Å². The van der Waals surface area contributed by atoms with Gasteiger partial charge in [-0.3, -0.25) is 4.79 Å². The van der Waals surface area contributed by atoms with Crippen molar-refractivity contribution < 1.29 is 9.18 Å². The second kappa shape index (κ2) is 7.03. The SMILES string of the molecule is Cc1ccc(C(=O)N(CCN(C)C)C2CCCC2)c(F)c1. The van der Waals surface area contributed by atoms with E-state index in [4.69, 9.17) is 0 Å². The minimum Gasteiger partial charge on any atom is -0.334 e. The highest BCUT2D eigenvalue weighted by molar-refractivity contribution is 5.94. The van der Waals surface area contributed by atoms with E-state index < -0.39 is 5.82 Å². The molecule has 4 heteroatoms. The number of rotatable bonds is 5. The molecule has 1 aromatic rings. The van der Waals surface area contributed by atoms with Crippen LogP contribution in [0.4, 0.5) is 4.39 Å². The van der Waals surface area contributed by atoms with Crippen LogP contribution in [0.1, 0.15) is 41.6 Å². The van der Waals surface area contributed by atoms with Crippen molar-refractivity contribution in [3.8, 4) is 0 Å². The predicted octanol–water partition coefficient (Wildman–Crippen LogP) is 3.08. The summed E-state index contributed by atoms with van der Waals surface area (Å²) in [6.45, 7) is 3.29. The second-order valence-corrected chi connectivity index (χ2v) is 6.22. The van der Waals surface area contributed by atoms with E-state index in [1.807, 2.05) is 25.9 Å². The Balaban J connectivity index is 2.19. The predicted molar refractivity (Wildman–Crippen MR) is 83.0 cm³/mol. The molecule has 0 atom stereocenters. The van der Waals surface area contributed by atoms with E-state index in [-0.39, 0.29) is 17.5 Å². The lowest BCUT2D eigenvalue weighted by Gasteiger charge is -2.30. The molecule has 21 heavy (non-hydrogen) atoms. The maximum Gasteiger partial charge on any atom is 0.257 e. The van der Waals surface area contributed by atoms with E-state index in [2.05, 4.69) is 4.90 Å². The van der Waals surface area contributed by atoms with E-state index in [1.165, 1.54) is 6.07 Å². The number of benzene rings is 1. The third kappa shape index (κ3) is 4.03. The molecule has 0 unspecified atom stereocenters. The fourth-order valence-electron chi connectivity index (χ4n) is 2.92. The summed E-state index contributed by atoms with van der Waals surface area (Å²) < 4.78 is 14.1. The number of aryl methyl sites for hydroxylation is 1. The first-order chi connectivity index (χ1) is 9.99. The smallest absolute Gasteiger partial charge is 0.257 e. The standard InChI is InChI=1S/C17H25FN2O/c1-13-8-9-15(16(18)12-13)17(21)20(11-10-19(2)3)14-6-4-5-7-14/h8-9,12,14H,4-7,10-11H2,1-3H3. The zero-order chi connectivity index (χ0) is 15.4. The molecule has 1 aromatic carbocycles. The van der Waals surface area contributed by atoms with Gasteiger partial charge in [0.05, 0.1) is 5.56 Å². The number of carbonyl (C=O) groups is 1. The molecule has 2 rings (SSSR count). The first-order valence-corrected chi connectivity index (χ1v) is 7.71. The molecule has 116 valence electrons. The normalized spacial score (nSPS) is 15.7. The molecule has 0 saturated heterocycles. The van der Waals surface area contributed by atoms with Crippen LogP contribution in [-0.4, -0.2) is 48.9 Å². The number of nitrogens with zero attached hydrogens (tertiary/aromatic N) is 2. The maximum atomic E-state index is 14.1. The molecule has 1 aliphatic carbocycles. The van der Waals surface area contributed by atoms with Crippen molar-refractivity contribution in [2.45, 2.75) is 38.6 Å². The van der Waals surface area contributed by atoms with Gasteiger partial charge in [0, 0.05) is 19.1 Å². The third-order valence-corrected chi connectivity index (χ3v) is 4.17. The fraction of sp³-hybridized carbons (Fsp3) is 0.588. The molecule has 0 aromatic heterocycles. The van der Waals surface area contributed by atoms with Gasteiger partial charge >= 0.3 is 0 Å². The monoisotopic (exact) mass is 292 g/mol. The lowest BCUT2D eigenvalue weighted by atomic mass is 10.1. The topological polar surface area (TPSA) is 23.6 Å². The van der Waals surface area contributed by atoms with Gasteiger partial charge in [0.25, 0.3) is 5.91 Å². The molecule has 1 saturated carbocycles. The van der Waals surface area contributed by atoms with Crippen molar-refractivity contribution >= 4 is 5.91 Å². The summed E-state index contributed by atoms with van der Waals surface area (Å²) in [6.07, 6.45) is 4.39. The lowest BCUT2D eigenvalue weighted by Crippen LogP contribution is -2.43. The van der Waals surface area contributed by atoms with Crippen molar-refractivity contribution in [3.05, 3.63) is 35.1 Å². The van der Waals surface area contributed by atoms with Gasteiger partial charge in [0.2, 0.25) is 0 Å². The van der Waals surface area contributed by atoms with E-state index in [1.54, 1.807) is 12.1 Å². The molecule has 0 bridgehead atoms. The summed E-state index contributed by atoms with van der Waals surface area (Å²) in [5, 5.41) is 0. The van der Waals surface area contributed by atoms with Gasteiger partial charge in [0.1, 0.15) is 5.82 Å². The third-order valence-electron chi connectivity index (χ3n) is 4.17. The lowest BCUT2D eigenvalue weighted by molar-refractivity contribution is 0.0663. The zero-order valence-corrected chi connectivity index (χ0v) is 13.2. The van der Waals surface area contributed by atoms with Gasteiger partial charge in [-0.25, -0.2) is 4.39 Å². The summed E-state index contributed by atoms with van der Waals surface area (Å²) in [7, 11) is 3.98. The summed E-state index contributed by atoms with van der Waals surface area (Å²) >= 11 is 0. The van der Waals surface area contributed by atoms with Gasteiger partial charge in [-0.15, -0.1) is 0 Å². The Morgan fingerprint density at radius 3 is 2.48 bits per heavy atom. The molecule has 1 fully saturated rings. The van der Waals surface area contributed by atoms with Gasteiger partial charge < -0.3 is 9.80 Å². The van der Waals surface area contributed by atoms with Crippen molar-refractivity contribution in [2.24, 2.45) is 0 Å². The van der Waals surface area contributed by atoms with Crippen LogP contribution in [0.15, 0.2) is 18.2 Å². The zero-order valence-electron chi connectivity index (χ0n) is 13.2. The summed E-state index contributed by atoms with van der Waals surface area (Å²) in [5.74, 6) is -0.575. The van der Waals surface area contributed by atoms with E-state index in [0.717, 1.165) is 37.8 Å². The van der Waals surface area contributed by atoms with Gasteiger partial charge in [-0.2, -0.15) is 0 Å². The molecule has 0 aliphatic heterocycles. The van der Waals surface area contributed by atoms with Crippen LogP contribution in [-0.2, 0) is 0 Å². The van der Waals surface area contributed by atoms with Gasteiger partial charge in [-0.05, 0) is 51.6 Å². The van der Waals surface area contributed by atoms with Crippen LogP contribution in [0.2, 0.25) is 0 Å². The van der Waals surface area contributed by atoms with Crippen LogP contribution in [0.25, 0.3) is 0 Å². The highest BCUT2D eigenvalue weighted by atomic mass is 19.1. The first kappa shape index (κ1) is 16.0. The van der Waals surface area contributed by atoms with Gasteiger partial charge in [0.15, 0.2) is 0 Å². The molecule has 3 nitrogen and oxygen atoms in total. The molecule has 1 amide bonds. The average molecular weight is 292 g/mol. The van der Waals surface area contributed by atoms with Crippen LogP contribution in [0, 0.1) is 12.7 Å². The van der Waals surface area contributed by atoms with E-state index >= 15 is 0 Å². The fourth-order valence-corrected chi connectivity index (χ4v) is 2.92. The number of halogens is 1. The summed E-state index contributed by atoms with van der Waals surface area (Å²) in [5.41, 5.74) is 1.04. The molecular formula is C17H25FN2O. The Morgan fingerprint density at radius 1 is 1.24 bits per heavy atom. The number of hydrogen-bond donors (Lipinski definition) is 0. The van der Waals surface area contributed by atoms with Crippen LogP contribution < -0.4 is 0 Å². The molecular weight excluding hydrogens is 267 g/mol. The van der Waals surface area contributed by atoms with E-state index in [9.17, 15) is 9.18 Å². The number of amides is 1. The Morgan fingerprint density at radius 2 is 1.90 bits per heavy atom. The molecule has 1 aliphatic rings. The Hall–Kier alpha value is -1.42. The van der Waals surface area contributed by atoms with Gasteiger partial charge in [-0.1, -0.05) is 18.9 Å². The minimum absolute atomic E-state index is 0.166. The molecule has 0 heterocycles. The number of likely N-dealkylation sites (N-methyl/N-ethyl adjacent to an activating group) is 1. The summed E-state index contributed by atoms with van der Waals surface area (Å²) in [6, 6.07) is 5.12. The molecule has 0 N–H and O–H groups in total. The Kier molecular flexibility index (Phi) is 5.34. The minimum atomic E-state index is -0.409. The first-order valence-electron chi connectivity index (χ1n) is 7.71. The second-order valence-electron chi connectivity index (χ2n) is 6.22. The maximum absolute atomic E-state index is 14.1. The van der Waals surface area contributed by atoms with E-state index in [0.29, 0.717) is 6.54 Å². The molecule has 0 spiro atoms. The highest BCUT2D eigenvalue weighted by Gasteiger charge is 2.28. The average Bonchev–Trinajstić information content (AvgIpc) is 2.92. The van der Waals surface area contributed by atoms with Crippen molar-refractivity contribution in [2.75, 3.05) is 27.2 Å². The largest absolute Gasteiger partial charge is 0.334 e. The van der Waals surface area contributed by atoms with Crippen molar-refractivity contribution in [3.63, 3.8) is 0 Å². The van der Waals surface area contributed by atoms with Crippen molar-refractivity contribution in [1.29, 1.82) is 0 Å².